The van der Waals surface area contributed by atoms with E-state index < -0.39 is 5.97 Å². The molecule has 0 spiro atoms. The quantitative estimate of drug-likeness (QED) is 0.895. The van der Waals surface area contributed by atoms with E-state index in [0.29, 0.717) is 5.69 Å². The van der Waals surface area contributed by atoms with Crippen molar-refractivity contribution in [2.45, 2.75) is 44.6 Å². The Kier molecular flexibility index (Phi) is 4.83. The van der Waals surface area contributed by atoms with E-state index in [1.807, 2.05) is 13.0 Å². The summed E-state index contributed by atoms with van der Waals surface area (Å²) in [6.07, 6.45) is 5.27. The second-order valence-corrected chi connectivity index (χ2v) is 5.87. The fraction of sp³-hybridized carbons (Fsp3) is 0.500. The third-order valence-electron chi connectivity index (χ3n) is 3.97. The third kappa shape index (κ3) is 4.21. The van der Waals surface area contributed by atoms with Gasteiger partial charge in [0, 0.05) is 11.2 Å². The second kappa shape index (κ2) is 6.61. The number of aliphatic carboxylic acids is 1. The van der Waals surface area contributed by atoms with E-state index in [9.17, 15) is 9.59 Å². The zero-order valence-electron chi connectivity index (χ0n) is 12.3. The van der Waals surface area contributed by atoms with Gasteiger partial charge in [-0.25, -0.2) is 4.79 Å². The molecule has 0 aliphatic heterocycles. The molecule has 0 bridgehead atoms. The van der Waals surface area contributed by atoms with Gasteiger partial charge in [0.15, 0.2) is 0 Å². The lowest BCUT2D eigenvalue weighted by Crippen LogP contribution is -2.53. The van der Waals surface area contributed by atoms with Gasteiger partial charge in [0.25, 0.3) is 0 Å². The van der Waals surface area contributed by atoms with Crippen LogP contribution in [-0.2, 0) is 4.79 Å². The predicted molar refractivity (Wildman–Crippen MR) is 81.4 cm³/mol. The van der Waals surface area contributed by atoms with Crippen LogP contribution in [-0.4, -0.2) is 29.2 Å². The lowest BCUT2D eigenvalue weighted by molar-refractivity contribution is -0.135. The molecule has 21 heavy (non-hydrogen) atoms. The van der Waals surface area contributed by atoms with E-state index in [1.54, 1.807) is 24.3 Å². The molecule has 5 heteroatoms. The van der Waals surface area contributed by atoms with Crippen LogP contribution >= 0.6 is 0 Å². The van der Waals surface area contributed by atoms with E-state index in [4.69, 9.17) is 5.11 Å². The highest BCUT2D eigenvalue weighted by Gasteiger charge is 2.31. The standard InChI is InChI=1S/C16H22N2O3/c1-16(10-6-3-7-11-16)17-15(21)18(12-14(19)20)13-8-4-2-5-9-13/h2,4-5,8-9H,3,6-7,10-12H2,1H3,(H,17,21)(H,19,20). The smallest absolute Gasteiger partial charge is 0.323 e. The maximum atomic E-state index is 12.5. The highest BCUT2D eigenvalue weighted by atomic mass is 16.4. The van der Waals surface area contributed by atoms with Crippen molar-refractivity contribution in [1.82, 2.24) is 5.32 Å². The van der Waals surface area contributed by atoms with Crippen LogP contribution < -0.4 is 10.2 Å². The molecule has 2 N–H and O–H groups in total. The van der Waals surface area contributed by atoms with Crippen LogP contribution in [0.4, 0.5) is 10.5 Å². The van der Waals surface area contributed by atoms with Crippen LogP contribution in [0.3, 0.4) is 0 Å². The summed E-state index contributed by atoms with van der Waals surface area (Å²) in [4.78, 5) is 24.8. The minimum absolute atomic E-state index is 0.235. The summed E-state index contributed by atoms with van der Waals surface area (Å²) in [7, 11) is 0. The molecule has 0 unspecified atom stereocenters. The molecule has 1 aliphatic rings. The van der Waals surface area contributed by atoms with Crippen LogP contribution in [0.15, 0.2) is 30.3 Å². The van der Waals surface area contributed by atoms with Crippen LogP contribution in [0.2, 0.25) is 0 Å². The Bertz CT molecular complexity index is 496. The maximum absolute atomic E-state index is 12.5. The molecule has 5 nitrogen and oxygen atoms in total. The average molecular weight is 290 g/mol. The van der Waals surface area contributed by atoms with Crippen molar-refractivity contribution in [2.24, 2.45) is 0 Å². The number of nitrogens with one attached hydrogen (secondary N) is 1. The van der Waals surface area contributed by atoms with Crippen LogP contribution in [0, 0.1) is 0 Å². The SMILES string of the molecule is CC1(NC(=O)N(CC(=O)O)c2ccccc2)CCCCC1. The van der Waals surface area contributed by atoms with Crippen molar-refractivity contribution in [2.75, 3.05) is 11.4 Å². The summed E-state index contributed by atoms with van der Waals surface area (Å²) < 4.78 is 0. The number of urea groups is 1. The molecule has 0 heterocycles. The molecule has 1 aromatic rings. The summed E-state index contributed by atoms with van der Waals surface area (Å²) in [5, 5.41) is 12.1. The van der Waals surface area contributed by atoms with Gasteiger partial charge in [-0.2, -0.15) is 0 Å². The van der Waals surface area contributed by atoms with Gasteiger partial charge in [-0.15, -0.1) is 0 Å². The Balaban J connectivity index is 2.12. The molecule has 2 rings (SSSR count). The van der Waals surface area contributed by atoms with E-state index in [-0.39, 0.29) is 18.1 Å². The monoisotopic (exact) mass is 290 g/mol. The first kappa shape index (κ1) is 15.4. The molecule has 0 atom stereocenters. The molecular weight excluding hydrogens is 268 g/mol. The molecule has 114 valence electrons. The summed E-state index contributed by atoms with van der Waals surface area (Å²) >= 11 is 0. The van der Waals surface area contributed by atoms with E-state index in [1.165, 1.54) is 11.3 Å². The van der Waals surface area contributed by atoms with Crippen LogP contribution in [0.25, 0.3) is 0 Å². The number of hydrogen-bond donors (Lipinski definition) is 2. The van der Waals surface area contributed by atoms with Crippen molar-refractivity contribution in [3.05, 3.63) is 30.3 Å². The lowest BCUT2D eigenvalue weighted by atomic mass is 9.83. The topological polar surface area (TPSA) is 69.6 Å². The van der Waals surface area contributed by atoms with Gasteiger partial charge < -0.3 is 10.4 Å². The number of carboxylic acid groups (broad SMARTS) is 1. The number of anilines is 1. The van der Waals surface area contributed by atoms with Gasteiger partial charge in [-0.3, -0.25) is 9.69 Å². The highest BCUT2D eigenvalue weighted by molar-refractivity contribution is 5.96. The van der Waals surface area contributed by atoms with Gasteiger partial charge in [0.2, 0.25) is 0 Å². The Hall–Kier alpha value is -2.04. The normalized spacial score (nSPS) is 17.0. The fourth-order valence-electron chi connectivity index (χ4n) is 2.81. The highest BCUT2D eigenvalue weighted by Crippen LogP contribution is 2.28. The van der Waals surface area contributed by atoms with Crippen molar-refractivity contribution >= 4 is 17.7 Å². The van der Waals surface area contributed by atoms with Crippen LogP contribution in [0.5, 0.6) is 0 Å². The van der Waals surface area contributed by atoms with E-state index in [0.717, 1.165) is 25.7 Å². The first-order valence-electron chi connectivity index (χ1n) is 7.37. The molecule has 0 aromatic heterocycles. The number of rotatable bonds is 4. The zero-order valence-corrected chi connectivity index (χ0v) is 12.3. The summed E-state index contributed by atoms with van der Waals surface area (Å²) in [5.74, 6) is -1.03. The van der Waals surface area contributed by atoms with Crippen molar-refractivity contribution in [3.63, 3.8) is 0 Å². The predicted octanol–water partition coefficient (Wildman–Crippen LogP) is 3.01. The largest absolute Gasteiger partial charge is 0.480 e. The van der Waals surface area contributed by atoms with Crippen molar-refractivity contribution in [3.8, 4) is 0 Å². The van der Waals surface area contributed by atoms with Crippen molar-refractivity contribution in [1.29, 1.82) is 0 Å². The number of carboxylic acids is 1. The van der Waals surface area contributed by atoms with Crippen LogP contribution in [0.1, 0.15) is 39.0 Å². The minimum Gasteiger partial charge on any atom is -0.480 e. The number of nitrogens with zero attached hydrogens (tertiary/aromatic N) is 1. The first-order chi connectivity index (χ1) is 10.0. The second-order valence-electron chi connectivity index (χ2n) is 5.87. The Morgan fingerprint density at radius 2 is 1.81 bits per heavy atom. The molecule has 0 radical (unpaired) electrons. The third-order valence-corrected chi connectivity index (χ3v) is 3.97. The van der Waals surface area contributed by atoms with E-state index >= 15 is 0 Å². The molecular formula is C16H22N2O3. The summed E-state index contributed by atoms with van der Waals surface area (Å²) in [5.41, 5.74) is 0.359. The number of carbonyl (C=O) groups excluding carboxylic acids is 1. The van der Waals surface area contributed by atoms with E-state index in [2.05, 4.69) is 5.32 Å². The summed E-state index contributed by atoms with van der Waals surface area (Å²) in [6.45, 7) is 1.69. The first-order valence-corrected chi connectivity index (χ1v) is 7.37. The Morgan fingerprint density at radius 1 is 1.19 bits per heavy atom. The Morgan fingerprint density at radius 3 is 2.38 bits per heavy atom. The molecule has 1 aromatic carbocycles. The lowest BCUT2D eigenvalue weighted by Gasteiger charge is -2.36. The molecule has 0 saturated heterocycles. The zero-order chi connectivity index (χ0) is 15.3. The maximum Gasteiger partial charge on any atom is 0.323 e. The number of benzene rings is 1. The summed E-state index contributed by atoms with van der Waals surface area (Å²) in [6, 6.07) is 8.56. The molecule has 1 saturated carbocycles. The number of amides is 2. The Labute approximate surface area is 125 Å². The van der Waals surface area contributed by atoms with Gasteiger partial charge in [-0.1, -0.05) is 37.5 Å². The molecule has 1 fully saturated rings. The van der Waals surface area contributed by atoms with Gasteiger partial charge in [0.05, 0.1) is 0 Å². The van der Waals surface area contributed by atoms with Gasteiger partial charge in [0.1, 0.15) is 6.54 Å². The number of hydrogen-bond acceptors (Lipinski definition) is 2. The molecule has 1 aliphatic carbocycles. The molecule has 2 amide bonds. The number of carbonyl (C=O) groups is 2. The average Bonchev–Trinajstić information content (AvgIpc) is 2.45. The van der Waals surface area contributed by atoms with Crippen molar-refractivity contribution < 1.29 is 14.7 Å². The minimum atomic E-state index is -1.03. The van der Waals surface area contributed by atoms with Gasteiger partial charge in [-0.05, 0) is 31.9 Å². The van der Waals surface area contributed by atoms with Gasteiger partial charge >= 0.3 is 12.0 Å². The number of para-hydroxylation sites is 1. The fourth-order valence-corrected chi connectivity index (χ4v) is 2.81.